The average molecular weight is 353 g/mol. The third-order valence-electron chi connectivity index (χ3n) is 3.96. The minimum atomic E-state index is -1.07. The van der Waals surface area contributed by atoms with E-state index in [9.17, 15) is 19.5 Å². The predicted molar refractivity (Wildman–Crippen MR) is 90.9 cm³/mol. The van der Waals surface area contributed by atoms with Gasteiger partial charge in [-0.25, -0.2) is 4.79 Å². The number of rotatable bonds is 6. The summed E-state index contributed by atoms with van der Waals surface area (Å²) >= 11 is 6.11. The number of hydrogen-bond acceptors (Lipinski definition) is 3. The Balaban J connectivity index is 2.06. The van der Waals surface area contributed by atoms with Crippen molar-refractivity contribution in [2.45, 2.75) is 32.7 Å². The maximum Gasteiger partial charge on any atom is 0.326 e. The molecule has 1 aliphatic rings. The summed E-state index contributed by atoms with van der Waals surface area (Å²) in [5.41, 5.74) is 0.566. The first-order valence-corrected chi connectivity index (χ1v) is 8.25. The number of benzene rings is 1. The van der Waals surface area contributed by atoms with Crippen LogP contribution in [0.1, 0.15) is 26.7 Å². The van der Waals surface area contributed by atoms with Crippen molar-refractivity contribution < 1.29 is 19.5 Å². The van der Waals surface area contributed by atoms with Crippen LogP contribution in [0.2, 0.25) is 5.02 Å². The summed E-state index contributed by atoms with van der Waals surface area (Å²) in [7, 11) is 0. The van der Waals surface area contributed by atoms with Gasteiger partial charge in [0.2, 0.25) is 11.8 Å². The zero-order chi connectivity index (χ0) is 17.9. The van der Waals surface area contributed by atoms with Gasteiger partial charge in [-0.15, -0.1) is 0 Å². The van der Waals surface area contributed by atoms with Gasteiger partial charge in [0, 0.05) is 13.0 Å². The highest BCUT2D eigenvalue weighted by Crippen LogP contribution is 2.31. The Labute approximate surface area is 145 Å². The predicted octanol–water partition coefficient (Wildman–Crippen LogP) is 2.31. The van der Waals surface area contributed by atoms with E-state index in [0.717, 1.165) is 0 Å². The van der Waals surface area contributed by atoms with E-state index in [-0.39, 0.29) is 24.8 Å². The van der Waals surface area contributed by atoms with Crippen LogP contribution in [0.25, 0.3) is 0 Å². The topological polar surface area (TPSA) is 86.7 Å². The van der Waals surface area contributed by atoms with Gasteiger partial charge in [-0.2, -0.15) is 0 Å². The van der Waals surface area contributed by atoms with Crippen LogP contribution >= 0.6 is 11.6 Å². The first-order valence-electron chi connectivity index (χ1n) is 7.87. The molecule has 6 nitrogen and oxygen atoms in total. The fraction of sp³-hybridized carbons (Fsp3) is 0.471. The Morgan fingerprint density at radius 1 is 1.38 bits per heavy atom. The number of para-hydroxylation sites is 1. The van der Waals surface area contributed by atoms with Gasteiger partial charge in [0.1, 0.15) is 6.04 Å². The van der Waals surface area contributed by atoms with Gasteiger partial charge < -0.3 is 15.3 Å². The van der Waals surface area contributed by atoms with Gasteiger partial charge in [0.25, 0.3) is 0 Å². The minimum Gasteiger partial charge on any atom is -0.480 e. The van der Waals surface area contributed by atoms with Crippen LogP contribution in [-0.2, 0) is 14.4 Å². The summed E-state index contributed by atoms with van der Waals surface area (Å²) < 4.78 is 0. The van der Waals surface area contributed by atoms with E-state index in [2.05, 4.69) is 5.32 Å². The quantitative estimate of drug-likeness (QED) is 0.822. The Morgan fingerprint density at radius 3 is 2.62 bits per heavy atom. The molecule has 1 aromatic rings. The van der Waals surface area contributed by atoms with E-state index in [1.807, 2.05) is 13.8 Å². The molecule has 2 amide bonds. The molecule has 1 saturated heterocycles. The second kappa shape index (κ2) is 7.66. The number of carbonyl (C=O) groups is 3. The summed E-state index contributed by atoms with van der Waals surface area (Å²) in [5, 5.41) is 12.2. The molecule has 0 saturated carbocycles. The first-order chi connectivity index (χ1) is 11.3. The van der Waals surface area contributed by atoms with Crippen LogP contribution in [0.4, 0.5) is 5.69 Å². The van der Waals surface area contributed by atoms with Crippen LogP contribution in [0.3, 0.4) is 0 Å². The lowest BCUT2D eigenvalue weighted by Crippen LogP contribution is -2.44. The molecule has 0 aliphatic carbocycles. The lowest BCUT2D eigenvalue weighted by molar-refractivity contribution is -0.142. The molecule has 24 heavy (non-hydrogen) atoms. The van der Waals surface area contributed by atoms with Crippen molar-refractivity contribution in [1.82, 2.24) is 5.32 Å². The molecule has 2 rings (SSSR count). The van der Waals surface area contributed by atoms with E-state index in [1.54, 1.807) is 24.3 Å². The minimum absolute atomic E-state index is 0.0467. The van der Waals surface area contributed by atoms with E-state index in [1.165, 1.54) is 4.90 Å². The third-order valence-corrected chi connectivity index (χ3v) is 4.28. The zero-order valence-corrected chi connectivity index (χ0v) is 14.4. The maximum atomic E-state index is 12.4. The summed E-state index contributed by atoms with van der Waals surface area (Å²) in [6, 6.07) is 5.99. The maximum absolute atomic E-state index is 12.4. The number of nitrogens with zero attached hydrogens (tertiary/aromatic N) is 1. The summed E-state index contributed by atoms with van der Waals surface area (Å²) in [4.78, 5) is 37.3. The fourth-order valence-electron chi connectivity index (χ4n) is 2.77. The molecule has 7 heteroatoms. The average Bonchev–Trinajstić information content (AvgIpc) is 2.88. The van der Waals surface area contributed by atoms with Gasteiger partial charge >= 0.3 is 5.97 Å². The Kier molecular flexibility index (Phi) is 5.83. The zero-order valence-electron chi connectivity index (χ0n) is 13.7. The molecule has 1 aromatic carbocycles. The lowest BCUT2D eigenvalue weighted by atomic mass is 10.0. The smallest absolute Gasteiger partial charge is 0.326 e. The number of hydrogen-bond donors (Lipinski definition) is 2. The molecular formula is C17H21ClN2O4. The first kappa shape index (κ1) is 18.3. The Morgan fingerprint density at radius 2 is 2.04 bits per heavy atom. The van der Waals surface area contributed by atoms with Crippen LogP contribution in [0, 0.1) is 11.8 Å². The number of nitrogens with one attached hydrogen (secondary N) is 1. The molecule has 0 spiro atoms. The molecular weight excluding hydrogens is 332 g/mol. The number of amides is 2. The summed E-state index contributed by atoms with van der Waals surface area (Å²) in [5.74, 6) is -2.12. The van der Waals surface area contributed by atoms with Crippen LogP contribution in [-0.4, -0.2) is 35.5 Å². The molecule has 2 unspecified atom stereocenters. The number of carbonyl (C=O) groups excluding carboxylic acids is 2. The van der Waals surface area contributed by atoms with Crippen molar-refractivity contribution in [3.05, 3.63) is 29.3 Å². The van der Waals surface area contributed by atoms with Crippen LogP contribution < -0.4 is 10.2 Å². The van der Waals surface area contributed by atoms with Gasteiger partial charge in [-0.3, -0.25) is 9.59 Å². The second-order valence-electron chi connectivity index (χ2n) is 6.39. The van der Waals surface area contributed by atoms with Crippen molar-refractivity contribution in [1.29, 1.82) is 0 Å². The standard InChI is InChI=1S/C17H21ClN2O4/c1-10(2)7-13(17(23)24)19-16(22)11-8-15(21)20(9-11)14-6-4-3-5-12(14)18/h3-6,10-11,13H,7-9H2,1-2H3,(H,19,22)(H,23,24). The number of carboxylic acid groups (broad SMARTS) is 1. The van der Waals surface area contributed by atoms with Gasteiger partial charge in [0.15, 0.2) is 0 Å². The van der Waals surface area contributed by atoms with Crippen molar-refractivity contribution in [3.63, 3.8) is 0 Å². The van der Waals surface area contributed by atoms with Crippen LogP contribution in [0.5, 0.6) is 0 Å². The van der Waals surface area contributed by atoms with Crippen molar-refractivity contribution in [2.24, 2.45) is 11.8 Å². The molecule has 1 aliphatic heterocycles. The van der Waals surface area contributed by atoms with E-state index in [0.29, 0.717) is 17.1 Å². The molecule has 0 radical (unpaired) electrons. The van der Waals surface area contributed by atoms with E-state index in [4.69, 9.17) is 11.6 Å². The molecule has 2 atom stereocenters. The largest absolute Gasteiger partial charge is 0.480 e. The van der Waals surface area contributed by atoms with Gasteiger partial charge in [-0.1, -0.05) is 37.6 Å². The fourth-order valence-corrected chi connectivity index (χ4v) is 3.01. The van der Waals surface area contributed by atoms with Gasteiger partial charge in [0.05, 0.1) is 16.6 Å². The summed E-state index contributed by atoms with van der Waals surface area (Å²) in [6.45, 7) is 3.98. The van der Waals surface area contributed by atoms with Crippen molar-refractivity contribution in [2.75, 3.05) is 11.4 Å². The monoisotopic (exact) mass is 352 g/mol. The normalized spacial score (nSPS) is 18.8. The lowest BCUT2D eigenvalue weighted by Gasteiger charge is -2.20. The molecule has 0 bridgehead atoms. The van der Waals surface area contributed by atoms with E-state index < -0.39 is 23.8 Å². The molecule has 1 heterocycles. The second-order valence-corrected chi connectivity index (χ2v) is 6.79. The van der Waals surface area contributed by atoms with Crippen LogP contribution in [0.15, 0.2) is 24.3 Å². The molecule has 2 N–H and O–H groups in total. The summed E-state index contributed by atoms with van der Waals surface area (Å²) in [6.07, 6.45) is 0.390. The number of aliphatic carboxylic acids is 1. The third kappa shape index (κ3) is 4.26. The highest BCUT2D eigenvalue weighted by atomic mass is 35.5. The number of carboxylic acids is 1. The Bertz CT molecular complexity index is 647. The molecule has 1 fully saturated rings. The number of halogens is 1. The van der Waals surface area contributed by atoms with E-state index >= 15 is 0 Å². The number of anilines is 1. The molecule has 130 valence electrons. The van der Waals surface area contributed by atoms with Crippen molar-refractivity contribution >= 4 is 35.1 Å². The van der Waals surface area contributed by atoms with Crippen molar-refractivity contribution in [3.8, 4) is 0 Å². The molecule has 0 aromatic heterocycles. The highest BCUT2D eigenvalue weighted by molar-refractivity contribution is 6.33. The Hall–Kier alpha value is -2.08. The highest BCUT2D eigenvalue weighted by Gasteiger charge is 2.37. The van der Waals surface area contributed by atoms with Gasteiger partial charge in [-0.05, 0) is 24.5 Å². The SMILES string of the molecule is CC(C)CC(NC(=O)C1CC(=O)N(c2ccccc2Cl)C1)C(=O)O.